The molecule has 1 aromatic heterocycles. The molecule has 1 saturated heterocycles. The Labute approximate surface area is 150 Å². The van der Waals surface area contributed by atoms with Crippen LogP contribution in [0.2, 0.25) is 0 Å². The van der Waals surface area contributed by atoms with Crippen molar-refractivity contribution in [2.75, 3.05) is 19.6 Å². The van der Waals surface area contributed by atoms with E-state index >= 15 is 0 Å². The van der Waals surface area contributed by atoms with Gasteiger partial charge in [-0.2, -0.15) is 0 Å². The molecule has 1 N–H and O–H groups in total. The number of amides is 1. The second-order valence-corrected chi connectivity index (χ2v) is 6.35. The smallest absolute Gasteiger partial charge is 0.239 e. The zero-order valence-corrected chi connectivity index (χ0v) is 15.4. The standard InChI is InChI=1S/C19H27N3O.ClH/c1-3-21(4-2)19(23)18-11-7-8-12-22(18)14-15-13-20-17-10-6-5-9-16(15)17;/h5-6,9-10,13,18,20H,3-4,7-8,11-12,14H2,1-2H3;1H. The van der Waals surface area contributed by atoms with Crippen LogP contribution in [0.3, 0.4) is 0 Å². The van der Waals surface area contributed by atoms with E-state index in [0.29, 0.717) is 5.91 Å². The number of likely N-dealkylation sites (tertiary alicyclic amines) is 1. The first-order valence-corrected chi connectivity index (χ1v) is 8.82. The summed E-state index contributed by atoms with van der Waals surface area (Å²) < 4.78 is 0. The van der Waals surface area contributed by atoms with Gasteiger partial charge in [0.2, 0.25) is 5.91 Å². The number of aromatic nitrogens is 1. The van der Waals surface area contributed by atoms with E-state index in [-0.39, 0.29) is 18.4 Å². The predicted octanol–water partition coefficient (Wildman–Crippen LogP) is 3.81. The quantitative estimate of drug-likeness (QED) is 0.891. The van der Waals surface area contributed by atoms with Crippen molar-refractivity contribution in [2.24, 2.45) is 0 Å². The average molecular weight is 350 g/mol. The van der Waals surface area contributed by atoms with Crippen LogP contribution < -0.4 is 0 Å². The average Bonchev–Trinajstić information content (AvgIpc) is 2.99. The molecule has 0 saturated carbocycles. The van der Waals surface area contributed by atoms with E-state index < -0.39 is 0 Å². The molecule has 3 rings (SSSR count). The van der Waals surface area contributed by atoms with Crippen molar-refractivity contribution in [2.45, 2.75) is 45.7 Å². The summed E-state index contributed by atoms with van der Waals surface area (Å²) in [6.07, 6.45) is 5.42. The second-order valence-electron chi connectivity index (χ2n) is 6.35. The monoisotopic (exact) mass is 349 g/mol. The Hall–Kier alpha value is -1.52. The number of fused-ring (bicyclic) bond motifs is 1. The Morgan fingerprint density at radius 2 is 2.00 bits per heavy atom. The lowest BCUT2D eigenvalue weighted by Crippen LogP contribution is -2.50. The summed E-state index contributed by atoms with van der Waals surface area (Å²) >= 11 is 0. The highest BCUT2D eigenvalue weighted by Gasteiger charge is 2.31. The molecule has 2 heterocycles. The van der Waals surface area contributed by atoms with Crippen LogP contribution in [0.1, 0.15) is 38.7 Å². The molecule has 1 amide bonds. The fourth-order valence-corrected chi connectivity index (χ4v) is 3.69. The third-order valence-electron chi connectivity index (χ3n) is 5.02. The van der Waals surface area contributed by atoms with Crippen LogP contribution >= 0.6 is 12.4 Å². The molecular formula is C19H28ClN3O. The van der Waals surface area contributed by atoms with Crippen molar-refractivity contribution in [3.63, 3.8) is 0 Å². The molecule has 1 aromatic carbocycles. The van der Waals surface area contributed by atoms with Crippen LogP contribution in [0.5, 0.6) is 0 Å². The van der Waals surface area contributed by atoms with Gasteiger partial charge in [-0.1, -0.05) is 24.6 Å². The maximum Gasteiger partial charge on any atom is 0.239 e. The van der Waals surface area contributed by atoms with Crippen molar-refractivity contribution in [1.82, 2.24) is 14.8 Å². The molecule has 0 aliphatic carbocycles. The number of rotatable bonds is 5. The molecule has 132 valence electrons. The maximum atomic E-state index is 12.8. The fourth-order valence-electron chi connectivity index (χ4n) is 3.69. The van der Waals surface area contributed by atoms with E-state index in [4.69, 9.17) is 0 Å². The molecule has 1 aliphatic rings. The topological polar surface area (TPSA) is 39.3 Å². The summed E-state index contributed by atoms with van der Waals surface area (Å²) in [5, 5.41) is 1.27. The second kappa shape index (κ2) is 8.54. The zero-order chi connectivity index (χ0) is 16.2. The SMILES string of the molecule is CCN(CC)C(=O)C1CCCCN1Cc1c[nH]c2ccccc12.Cl. The third kappa shape index (κ3) is 3.76. The number of hydrogen-bond donors (Lipinski definition) is 1. The summed E-state index contributed by atoms with van der Waals surface area (Å²) in [5.74, 6) is 0.301. The number of benzene rings is 1. The Bertz CT molecular complexity index is 665. The molecule has 2 aromatic rings. The minimum absolute atomic E-state index is 0. The van der Waals surface area contributed by atoms with Gasteiger partial charge in [0.25, 0.3) is 0 Å². The Kier molecular flexibility index (Phi) is 6.69. The first-order valence-electron chi connectivity index (χ1n) is 8.82. The Morgan fingerprint density at radius 3 is 2.75 bits per heavy atom. The van der Waals surface area contributed by atoms with Crippen molar-refractivity contribution < 1.29 is 4.79 Å². The van der Waals surface area contributed by atoms with Gasteiger partial charge in [-0.15, -0.1) is 12.4 Å². The normalized spacial score (nSPS) is 18.3. The van der Waals surface area contributed by atoms with Gasteiger partial charge in [0.1, 0.15) is 0 Å². The number of nitrogens with one attached hydrogen (secondary N) is 1. The number of carbonyl (C=O) groups excluding carboxylic acids is 1. The van der Waals surface area contributed by atoms with Crippen LogP contribution in [0.15, 0.2) is 30.5 Å². The van der Waals surface area contributed by atoms with Crippen molar-refractivity contribution in [1.29, 1.82) is 0 Å². The van der Waals surface area contributed by atoms with Gasteiger partial charge in [-0.3, -0.25) is 9.69 Å². The summed E-state index contributed by atoms with van der Waals surface area (Å²) in [4.78, 5) is 20.5. The van der Waals surface area contributed by atoms with Gasteiger partial charge < -0.3 is 9.88 Å². The molecule has 4 nitrogen and oxygen atoms in total. The molecule has 24 heavy (non-hydrogen) atoms. The number of halogens is 1. The highest BCUT2D eigenvalue weighted by molar-refractivity contribution is 5.85. The van der Waals surface area contributed by atoms with E-state index in [0.717, 1.165) is 39.0 Å². The van der Waals surface area contributed by atoms with Gasteiger partial charge in [-0.05, 0) is 44.9 Å². The molecule has 1 fully saturated rings. The van der Waals surface area contributed by atoms with Crippen LogP contribution in [0.25, 0.3) is 10.9 Å². The summed E-state index contributed by atoms with van der Waals surface area (Å²) in [6, 6.07) is 8.43. The van der Waals surface area contributed by atoms with E-state index in [9.17, 15) is 4.79 Å². The fraction of sp³-hybridized carbons (Fsp3) is 0.526. The Morgan fingerprint density at radius 1 is 1.25 bits per heavy atom. The third-order valence-corrected chi connectivity index (χ3v) is 5.02. The van der Waals surface area contributed by atoms with E-state index in [1.807, 2.05) is 4.90 Å². The van der Waals surface area contributed by atoms with Gasteiger partial charge in [0, 0.05) is 36.7 Å². The summed E-state index contributed by atoms with van der Waals surface area (Å²) in [5.41, 5.74) is 2.46. The van der Waals surface area contributed by atoms with Crippen LogP contribution in [0, 0.1) is 0 Å². The molecule has 5 heteroatoms. The Balaban J connectivity index is 0.00000208. The van der Waals surface area contributed by atoms with Crippen molar-refractivity contribution in [3.8, 4) is 0 Å². The molecule has 0 spiro atoms. The number of carbonyl (C=O) groups is 1. The molecular weight excluding hydrogens is 322 g/mol. The first kappa shape index (κ1) is 18.8. The molecule has 1 atom stereocenters. The molecule has 0 radical (unpaired) electrons. The number of piperidine rings is 1. The van der Waals surface area contributed by atoms with E-state index in [1.54, 1.807) is 0 Å². The number of H-pyrrole nitrogens is 1. The molecule has 1 aliphatic heterocycles. The number of aromatic amines is 1. The lowest BCUT2D eigenvalue weighted by molar-refractivity contribution is -0.138. The minimum Gasteiger partial charge on any atom is -0.361 e. The van der Waals surface area contributed by atoms with Crippen molar-refractivity contribution in [3.05, 3.63) is 36.0 Å². The minimum atomic E-state index is 0. The summed E-state index contributed by atoms with van der Waals surface area (Å²) in [7, 11) is 0. The lowest BCUT2D eigenvalue weighted by atomic mass is 9.99. The number of nitrogens with zero attached hydrogens (tertiary/aromatic N) is 2. The van der Waals surface area contributed by atoms with E-state index in [1.165, 1.54) is 22.9 Å². The van der Waals surface area contributed by atoms with E-state index in [2.05, 4.69) is 54.2 Å². The number of hydrogen-bond acceptors (Lipinski definition) is 2. The maximum absolute atomic E-state index is 12.8. The van der Waals surface area contributed by atoms with Gasteiger partial charge >= 0.3 is 0 Å². The highest BCUT2D eigenvalue weighted by atomic mass is 35.5. The number of likely N-dealkylation sites (N-methyl/N-ethyl adjacent to an activating group) is 1. The van der Waals surface area contributed by atoms with Gasteiger partial charge in [0.05, 0.1) is 6.04 Å². The largest absolute Gasteiger partial charge is 0.361 e. The van der Waals surface area contributed by atoms with Crippen LogP contribution in [-0.2, 0) is 11.3 Å². The first-order chi connectivity index (χ1) is 11.2. The van der Waals surface area contributed by atoms with Gasteiger partial charge in [-0.25, -0.2) is 0 Å². The van der Waals surface area contributed by atoms with Crippen LogP contribution in [0.4, 0.5) is 0 Å². The molecule has 1 unspecified atom stereocenters. The molecule has 0 bridgehead atoms. The number of para-hydroxylation sites is 1. The highest BCUT2D eigenvalue weighted by Crippen LogP contribution is 2.25. The zero-order valence-electron chi connectivity index (χ0n) is 14.6. The van der Waals surface area contributed by atoms with Crippen molar-refractivity contribution >= 4 is 29.2 Å². The summed E-state index contributed by atoms with van der Waals surface area (Å²) in [6.45, 7) is 7.58. The predicted molar refractivity (Wildman–Crippen MR) is 102 cm³/mol. The lowest BCUT2D eigenvalue weighted by Gasteiger charge is -2.37. The van der Waals surface area contributed by atoms with Gasteiger partial charge in [0.15, 0.2) is 0 Å². The van der Waals surface area contributed by atoms with Crippen LogP contribution in [-0.4, -0.2) is 46.4 Å².